The van der Waals surface area contributed by atoms with E-state index in [0.29, 0.717) is 38.7 Å². The Morgan fingerprint density at radius 2 is 1.67 bits per heavy atom. The molecule has 0 saturated carbocycles. The van der Waals surface area contributed by atoms with Crippen LogP contribution in [0.4, 0.5) is 10.8 Å². The summed E-state index contributed by atoms with van der Waals surface area (Å²) in [4.78, 5) is 17.2. The van der Waals surface area contributed by atoms with E-state index < -0.39 is 0 Å². The fourth-order valence-electron chi connectivity index (χ4n) is 2.45. The van der Waals surface area contributed by atoms with E-state index in [9.17, 15) is 4.79 Å². The molecular weight excluding hydrogens is 388 g/mol. The molecule has 0 atom stereocenters. The maximum Gasteiger partial charge on any atom is 0.212 e. The molecule has 0 fully saturated rings. The van der Waals surface area contributed by atoms with Gasteiger partial charge in [0, 0.05) is 21.7 Å². The van der Waals surface area contributed by atoms with Crippen LogP contribution in [0.2, 0.25) is 5.02 Å². The first-order valence-corrected chi connectivity index (χ1v) is 9.14. The monoisotopic (exact) mass is 404 g/mol. The number of methoxy groups -OCH3 is 3. The third-order valence-electron chi connectivity index (χ3n) is 3.76. The average Bonchev–Trinajstić information content (AvgIpc) is 3.16. The average molecular weight is 405 g/mol. The van der Waals surface area contributed by atoms with E-state index in [0.717, 1.165) is 5.69 Å². The second-order valence-electron chi connectivity index (χ2n) is 5.41. The van der Waals surface area contributed by atoms with Crippen molar-refractivity contribution in [1.82, 2.24) is 4.98 Å². The van der Waals surface area contributed by atoms with E-state index in [2.05, 4.69) is 10.3 Å². The van der Waals surface area contributed by atoms with Crippen molar-refractivity contribution in [3.05, 3.63) is 58.1 Å². The van der Waals surface area contributed by atoms with Crippen LogP contribution in [0.1, 0.15) is 16.1 Å². The molecule has 140 valence electrons. The SMILES string of the molecule is COc1cc(C(=O)c2csc(Nc3ccc(Cl)cc3)n2)cc(OC)c1OC. The molecule has 0 aliphatic carbocycles. The van der Waals surface area contributed by atoms with E-state index in [1.165, 1.54) is 32.7 Å². The number of rotatable bonds is 7. The summed E-state index contributed by atoms with van der Waals surface area (Å²) in [6.45, 7) is 0. The predicted octanol–water partition coefficient (Wildman–Crippen LogP) is 4.80. The van der Waals surface area contributed by atoms with Crippen molar-refractivity contribution < 1.29 is 19.0 Å². The normalized spacial score (nSPS) is 10.4. The van der Waals surface area contributed by atoms with Crippen LogP contribution in [0.15, 0.2) is 41.8 Å². The van der Waals surface area contributed by atoms with Crippen LogP contribution in [0.3, 0.4) is 0 Å². The highest BCUT2D eigenvalue weighted by molar-refractivity contribution is 7.14. The van der Waals surface area contributed by atoms with Crippen LogP contribution in [0.25, 0.3) is 0 Å². The Balaban J connectivity index is 1.86. The summed E-state index contributed by atoms with van der Waals surface area (Å²) in [7, 11) is 4.52. The molecule has 6 nitrogen and oxygen atoms in total. The maximum absolute atomic E-state index is 12.8. The van der Waals surface area contributed by atoms with Gasteiger partial charge >= 0.3 is 0 Å². The molecule has 0 aliphatic rings. The van der Waals surface area contributed by atoms with Gasteiger partial charge in [-0.1, -0.05) is 11.6 Å². The Morgan fingerprint density at radius 3 is 2.22 bits per heavy atom. The summed E-state index contributed by atoms with van der Waals surface area (Å²) >= 11 is 7.22. The minimum Gasteiger partial charge on any atom is -0.493 e. The first-order chi connectivity index (χ1) is 13.0. The molecule has 3 rings (SSSR count). The Morgan fingerprint density at radius 1 is 1.04 bits per heavy atom. The van der Waals surface area contributed by atoms with E-state index >= 15 is 0 Å². The van der Waals surface area contributed by atoms with E-state index in [1.54, 1.807) is 29.6 Å². The number of carbonyl (C=O) groups excluding carboxylic acids is 1. The minimum atomic E-state index is -0.241. The number of nitrogens with one attached hydrogen (secondary N) is 1. The summed E-state index contributed by atoms with van der Waals surface area (Å²) < 4.78 is 15.9. The van der Waals surface area contributed by atoms with Gasteiger partial charge < -0.3 is 19.5 Å². The first-order valence-electron chi connectivity index (χ1n) is 7.88. The molecule has 1 aromatic heterocycles. The second-order valence-corrected chi connectivity index (χ2v) is 6.71. The number of aromatic nitrogens is 1. The van der Waals surface area contributed by atoms with Gasteiger partial charge in [0.2, 0.25) is 11.5 Å². The van der Waals surface area contributed by atoms with E-state index in [1.807, 2.05) is 12.1 Å². The Kier molecular flexibility index (Phi) is 5.83. The lowest BCUT2D eigenvalue weighted by Gasteiger charge is -2.13. The van der Waals surface area contributed by atoms with Gasteiger partial charge in [-0.3, -0.25) is 4.79 Å². The number of carbonyl (C=O) groups is 1. The van der Waals surface area contributed by atoms with Gasteiger partial charge in [0.1, 0.15) is 5.69 Å². The number of thiazole rings is 1. The van der Waals surface area contributed by atoms with Gasteiger partial charge in [0.15, 0.2) is 16.6 Å². The zero-order valence-electron chi connectivity index (χ0n) is 14.9. The summed E-state index contributed by atoms with van der Waals surface area (Å²) in [5.74, 6) is 1.01. The number of hydrogen-bond donors (Lipinski definition) is 1. The quantitative estimate of drug-likeness (QED) is 0.570. The van der Waals surface area contributed by atoms with Crippen LogP contribution < -0.4 is 19.5 Å². The van der Waals surface area contributed by atoms with Crippen molar-refractivity contribution in [1.29, 1.82) is 0 Å². The second kappa shape index (κ2) is 8.28. The first kappa shape index (κ1) is 19.0. The zero-order valence-corrected chi connectivity index (χ0v) is 16.5. The molecule has 0 amide bonds. The summed E-state index contributed by atoms with van der Waals surface area (Å²) in [5, 5.41) is 6.10. The Labute approximate surface area is 165 Å². The van der Waals surface area contributed by atoms with Crippen molar-refractivity contribution in [2.24, 2.45) is 0 Å². The van der Waals surface area contributed by atoms with Crippen molar-refractivity contribution >= 4 is 39.5 Å². The van der Waals surface area contributed by atoms with Crippen molar-refractivity contribution in [2.45, 2.75) is 0 Å². The molecule has 0 spiro atoms. The molecule has 0 unspecified atom stereocenters. The molecular formula is C19H17ClN2O4S. The number of nitrogens with zero attached hydrogens (tertiary/aromatic N) is 1. The standard InChI is InChI=1S/C19H17ClN2O4S/c1-24-15-8-11(9-16(25-2)18(15)26-3)17(23)14-10-27-19(22-14)21-13-6-4-12(20)5-7-13/h4-10H,1-3H3,(H,21,22). The highest BCUT2D eigenvalue weighted by Gasteiger charge is 2.20. The van der Waals surface area contributed by atoms with Crippen LogP contribution in [-0.2, 0) is 0 Å². The number of halogens is 1. The minimum absolute atomic E-state index is 0.241. The number of benzene rings is 2. The molecule has 0 radical (unpaired) electrons. The lowest BCUT2D eigenvalue weighted by Crippen LogP contribution is -2.04. The molecule has 27 heavy (non-hydrogen) atoms. The lowest BCUT2D eigenvalue weighted by atomic mass is 10.1. The molecule has 8 heteroatoms. The van der Waals surface area contributed by atoms with Gasteiger partial charge in [-0.2, -0.15) is 0 Å². The largest absolute Gasteiger partial charge is 0.493 e. The van der Waals surface area contributed by atoms with Crippen LogP contribution in [0, 0.1) is 0 Å². The number of hydrogen-bond acceptors (Lipinski definition) is 7. The molecule has 1 heterocycles. The van der Waals surface area contributed by atoms with Crippen molar-refractivity contribution in [2.75, 3.05) is 26.6 Å². The maximum atomic E-state index is 12.8. The predicted molar refractivity (Wildman–Crippen MR) is 106 cm³/mol. The smallest absolute Gasteiger partial charge is 0.212 e. The number of ketones is 1. The summed E-state index contributed by atoms with van der Waals surface area (Å²) in [6.07, 6.45) is 0. The summed E-state index contributed by atoms with van der Waals surface area (Å²) in [6, 6.07) is 10.4. The van der Waals surface area contributed by atoms with Gasteiger partial charge in [0.25, 0.3) is 0 Å². The molecule has 0 saturated heterocycles. The molecule has 0 bridgehead atoms. The van der Waals surface area contributed by atoms with E-state index in [-0.39, 0.29) is 5.78 Å². The van der Waals surface area contributed by atoms with E-state index in [4.69, 9.17) is 25.8 Å². The van der Waals surface area contributed by atoms with Crippen molar-refractivity contribution in [3.63, 3.8) is 0 Å². The van der Waals surface area contributed by atoms with Crippen molar-refractivity contribution in [3.8, 4) is 17.2 Å². The molecule has 1 N–H and O–H groups in total. The fraction of sp³-hybridized carbons (Fsp3) is 0.158. The van der Waals surface area contributed by atoms with Crippen LogP contribution in [-0.4, -0.2) is 32.1 Å². The van der Waals surface area contributed by atoms with Crippen LogP contribution in [0.5, 0.6) is 17.2 Å². The highest BCUT2D eigenvalue weighted by atomic mass is 35.5. The Bertz CT molecular complexity index is 932. The third kappa shape index (κ3) is 4.15. The van der Waals surface area contributed by atoms with Gasteiger partial charge in [0.05, 0.1) is 21.3 Å². The third-order valence-corrected chi connectivity index (χ3v) is 4.77. The molecule has 2 aromatic carbocycles. The van der Waals surface area contributed by atoms with Gasteiger partial charge in [-0.05, 0) is 36.4 Å². The van der Waals surface area contributed by atoms with Crippen LogP contribution >= 0.6 is 22.9 Å². The number of ether oxygens (including phenoxy) is 3. The van der Waals surface area contributed by atoms with Gasteiger partial charge in [-0.25, -0.2) is 4.98 Å². The summed E-state index contributed by atoms with van der Waals surface area (Å²) in [5.41, 5.74) is 1.55. The fourth-order valence-corrected chi connectivity index (χ4v) is 3.29. The lowest BCUT2D eigenvalue weighted by molar-refractivity contribution is 0.103. The molecule has 3 aromatic rings. The topological polar surface area (TPSA) is 69.7 Å². The Hall–Kier alpha value is -2.77. The molecule has 0 aliphatic heterocycles. The highest BCUT2D eigenvalue weighted by Crippen LogP contribution is 2.38. The zero-order chi connectivity index (χ0) is 19.4. The number of anilines is 2. The van der Waals surface area contributed by atoms with Gasteiger partial charge in [-0.15, -0.1) is 11.3 Å².